The Kier molecular flexibility index (Phi) is 16.7. The number of sulfonamides is 1. The Bertz CT molecular complexity index is 1280. The number of aliphatic hydroxyl groups is 1. The number of thiol groups is 1. The minimum atomic E-state index is -3.47. The van der Waals surface area contributed by atoms with E-state index in [9.17, 15) is 31.9 Å². The van der Waals surface area contributed by atoms with E-state index in [1.165, 1.54) is 17.5 Å². The average molecular weight is 633 g/mol. The topological polar surface area (TPSA) is 147 Å². The predicted molar refractivity (Wildman–Crippen MR) is 159 cm³/mol. The van der Waals surface area contributed by atoms with E-state index in [0.717, 1.165) is 41.6 Å². The maximum Gasteiger partial charge on any atom is 0.270 e. The van der Waals surface area contributed by atoms with Gasteiger partial charge in [-0.15, -0.1) is 11.3 Å². The van der Waals surface area contributed by atoms with Gasteiger partial charge in [-0.2, -0.15) is 12.6 Å². The zero-order valence-corrected chi connectivity index (χ0v) is 25.3. The first-order valence-electron chi connectivity index (χ1n) is 12.1. The van der Waals surface area contributed by atoms with E-state index in [1.807, 2.05) is 30.3 Å². The van der Waals surface area contributed by atoms with Gasteiger partial charge in [-0.05, 0) is 30.2 Å². The lowest BCUT2D eigenvalue weighted by Gasteiger charge is -2.11. The van der Waals surface area contributed by atoms with Gasteiger partial charge in [0.25, 0.3) is 5.91 Å². The summed E-state index contributed by atoms with van der Waals surface area (Å²) in [4.78, 5) is 27.6. The fourth-order valence-corrected chi connectivity index (χ4v) is 4.55. The first-order chi connectivity index (χ1) is 19.3. The number of aryl methyl sites for hydroxylation is 1. The highest BCUT2D eigenvalue weighted by atomic mass is 32.2. The van der Waals surface area contributed by atoms with Crippen molar-refractivity contribution < 1.29 is 36.6 Å². The number of carbonyl (C=O) groups is 2. The van der Waals surface area contributed by atoms with Crippen LogP contribution in [0.25, 0.3) is 0 Å². The molecule has 0 spiro atoms. The van der Waals surface area contributed by atoms with Crippen LogP contribution in [0.3, 0.4) is 0 Å². The van der Waals surface area contributed by atoms with Gasteiger partial charge in [-0.1, -0.05) is 30.3 Å². The number of thiazole rings is 1. The van der Waals surface area contributed by atoms with Crippen molar-refractivity contribution in [3.05, 3.63) is 82.4 Å². The van der Waals surface area contributed by atoms with Crippen LogP contribution in [0.1, 0.15) is 28.0 Å². The van der Waals surface area contributed by atoms with Gasteiger partial charge in [-0.25, -0.2) is 22.2 Å². The number of carbonyl (C=O) groups excluding carboxylic acids is 2. The maximum absolute atomic E-state index is 12.2. The molecular weight excluding hydrogens is 599 g/mol. The van der Waals surface area contributed by atoms with E-state index in [1.54, 1.807) is 14.0 Å². The average Bonchev–Trinajstić information content (AvgIpc) is 3.34. The number of nitrogens with zero attached hydrogens (tertiary/aromatic N) is 1. The van der Waals surface area contributed by atoms with Gasteiger partial charge in [0.15, 0.2) is 5.13 Å². The fraction of sp³-hybridized carbons (Fsp3) is 0.346. The molecule has 0 aliphatic rings. The molecular formula is C26H34F2N4O6S3. The van der Waals surface area contributed by atoms with E-state index < -0.39 is 33.7 Å². The van der Waals surface area contributed by atoms with Crippen molar-refractivity contribution in [1.82, 2.24) is 15.6 Å². The lowest BCUT2D eigenvalue weighted by Crippen LogP contribution is -2.36. The van der Waals surface area contributed by atoms with E-state index in [4.69, 9.17) is 0 Å². The summed E-state index contributed by atoms with van der Waals surface area (Å²) in [6.07, 6.45) is -0.240. The third-order valence-corrected chi connectivity index (χ3v) is 6.20. The third kappa shape index (κ3) is 17.3. The molecule has 0 saturated carbocycles. The largest absolute Gasteiger partial charge is 0.391 e. The van der Waals surface area contributed by atoms with E-state index in [0.29, 0.717) is 12.1 Å². The summed E-state index contributed by atoms with van der Waals surface area (Å²) in [6.45, 7) is 2.62. The van der Waals surface area contributed by atoms with Crippen molar-refractivity contribution in [2.75, 3.05) is 37.0 Å². The molecule has 4 N–H and O–H groups in total. The zero-order chi connectivity index (χ0) is 30.8. The fourth-order valence-electron chi connectivity index (χ4n) is 2.82. The van der Waals surface area contributed by atoms with Crippen LogP contribution in [0.5, 0.6) is 0 Å². The summed E-state index contributed by atoms with van der Waals surface area (Å²) in [5.41, 5.74) is 1.56. The predicted octanol–water partition coefficient (Wildman–Crippen LogP) is 3.15. The molecule has 1 heterocycles. The van der Waals surface area contributed by atoms with Gasteiger partial charge >= 0.3 is 0 Å². The molecule has 3 aromatic rings. The smallest absolute Gasteiger partial charge is 0.270 e. The lowest BCUT2D eigenvalue weighted by atomic mass is 10.2. The van der Waals surface area contributed by atoms with Crippen molar-refractivity contribution in [3.63, 3.8) is 0 Å². The molecule has 1 unspecified atom stereocenters. The molecule has 3 rings (SSSR count). The molecule has 0 saturated heterocycles. The summed E-state index contributed by atoms with van der Waals surface area (Å²) in [7, 11) is -1.81. The van der Waals surface area contributed by atoms with E-state index in [-0.39, 0.29) is 29.7 Å². The van der Waals surface area contributed by atoms with Gasteiger partial charge < -0.3 is 20.5 Å². The molecule has 0 aliphatic carbocycles. The monoisotopic (exact) mass is 632 g/mol. The van der Waals surface area contributed by atoms with Crippen LogP contribution in [-0.4, -0.2) is 68.7 Å². The number of ether oxygens (including phenoxy) is 1. The van der Waals surface area contributed by atoms with Crippen LogP contribution in [0.15, 0.2) is 53.9 Å². The number of hydrogen-bond acceptors (Lipinski definition) is 9. The van der Waals surface area contributed by atoms with Gasteiger partial charge in [-0.3, -0.25) is 14.3 Å². The Labute approximate surface area is 248 Å². The molecule has 0 fully saturated rings. The first-order valence-corrected chi connectivity index (χ1v) is 15.5. The summed E-state index contributed by atoms with van der Waals surface area (Å²) >= 11 is 4.84. The number of amides is 2. The van der Waals surface area contributed by atoms with Crippen LogP contribution in [0.4, 0.5) is 13.9 Å². The number of aliphatic hydroxyl groups excluding tert-OH is 1. The zero-order valence-electron chi connectivity index (χ0n) is 22.8. The van der Waals surface area contributed by atoms with Gasteiger partial charge in [0.1, 0.15) is 17.3 Å². The van der Waals surface area contributed by atoms with Crippen molar-refractivity contribution in [1.29, 1.82) is 0 Å². The number of aromatic nitrogens is 1. The number of halogens is 2. The van der Waals surface area contributed by atoms with Gasteiger partial charge in [0.2, 0.25) is 15.9 Å². The molecule has 2 amide bonds. The summed E-state index contributed by atoms with van der Waals surface area (Å²) in [5.74, 6) is -1.14. The molecule has 0 aliphatic heterocycles. The Balaban J connectivity index is 0.000000490. The SMILES string of the molecule is COCCS.CS(=O)(=O)Nc1nc(C(=O)NCC(O)CC(=O)NCc2ccccc2)cs1.Cc1cc(F)cc(F)c1. The van der Waals surface area contributed by atoms with Crippen molar-refractivity contribution >= 4 is 50.9 Å². The standard InChI is InChI=1S/C16H20N4O5S2.C7H6F2.C3H8OS/c1-27(24,25)20-16-19-13(10-26-16)15(23)18-9-12(21)7-14(22)17-8-11-5-3-2-4-6-11;1-5-2-6(8)4-7(9)3-5;1-4-2-3-5/h2-6,10,12,21H,7-9H2,1H3,(H,17,22)(H,18,23)(H,19,20);2-4H,1H3;5H,2-3H2,1H3. The summed E-state index contributed by atoms with van der Waals surface area (Å²) < 4.78 is 53.4. The van der Waals surface area contributed by atoms with E-state index in [2.05, 4.69) is 37.7 Å². The van der Waals surface area contributed by atoms with Crippen molar-refractivity contribution in [2.24, 2.45) is 0 Å². The highest BCUT2D eigenvalue weighted by Gasteiger charge is 2.16. The Morgan fingerprint density at radius 3 is 2.27 bits per heavy atom. The molecule has 2 aromatic carbocycles. The molecule has 15 heteroatoms. The number of nitrogens with one attached hydrogen (secondary N) is 3. The maximum atomic E-state index is 12.2. The van der Waals surface area contributed by atoms with Crippen molar-refractivity contribution in [3.8, 4) is 0 Å². The molecule has 41 heavy (non-hydrogen) atoms. The molecule has 226 valence electrons. The normalized spacial score (nSPS) is 11.2. The molecule has 0 radical (unpaired) electrons. The van der Waals surface area contributed by atoms with Gasteiger partial charge in [0.05, 0.1) is 25.4 Å². The second-order valence-corrected chi connectivity index (χ2v) is 11.5. The molecule has 1 aromatic heterocycles. The van der Waals surface area contributed by atoms with Crippen LogP contribution in [0.2, 0.25) is 0 Å². The molecule has 0 bridgehead atoms. The number of anilines is 1. The summed E-state index contributed by atoms with van der Waals surface area (Å²) in [6, 6.07) is 12.8. The van der Waals surface area contributed by atoms with Crippen LogP contribution in [-0.2, 0) is 26.1 Å². The number of methoxy groups -OCH3 is 1. The highest BCUT2D eigenvalue weighted by Crippen LogP contribution is 2.16. The van der Waals surface area contributed by atoms with Crippen LogP contribution in [0, 0.1) is 18.6 Å². The number of hydrogen-bond donors (Lipinski definition) is 5. The minimum absolute atomic E-state index is 0.0203. The lowest BCUT2D eigenvalue weighted by molar-refractivity contribution is -0.123. The summed E-state index contributed by atoms with van der Waals surface area (Å²) in [5, 5.41) is 16.5. The van der Waals surface area contributed by atoms with Gasteiger partial charge in [0, 0.05) is 37.4 Å². The number of benzene rings is 2. The van der Waals surface area contributed by atoms with E-state index >= 15 is 0 Å². The second kappa shape index (κ2) is 19.1. The quantitative estimate of drug-likeness (QED) is 0.204. The number of rotatable bonds is 11. The third-order valence-electron chi connectivity index (χ3n) is 4.56. The van der Waals surface area contributed by atoms with Crippen LogP contribution >= 0.6 is 24.0 Å². The Morgan fingerprint density at radius 2 is 1.76 bits per heavy atom. The Morgan fingerprint density at radius 1 is 1.12 bits per heavy atom. The van der Waals surface area contributed by atoms with Crippen molar-refractivity contribution in [2.45, 2.75) is 26.0 Å². The molecule has 1 atom stereocenters. The minimum Gasteiger partial charge on any atom is -0.391 e. The second-order valence-electron chi connectivity index (χ2n) is 8.41. The first kappa shape index (κ1) is 35.9. The Hall–Kier alpha value is -3.11. The van der Waals surface area contributed by atoms with Crippen LogP contribution < -0.4 is 15.4 Å². The highest BCUT2D eigenvalue weighted by molar-refractivity contribution is 7.92. The molecule has 10 nitrogen and oxygen atoms in total.